The third-order valence-corrected chi connectivity index (χ3v) is 4.84. The Hall–Kier alpha value is -0.780. The third kappa shape index (κ3) is 6.11. The lowest BCUT2D eigenvalue weighted by Crippen LogP contribution is -2.18. The van der Waals surface area contributed by atoms with Crippen molar-refractivity contribution in [3.63, 3.8) is 0 Å². The summed E-state index contributed by atoms with van der Waals surface area (Å²) in [6.07, 6.45) is 1.36. The van der Waals surface area contributed by atoms with Gasteiger partial charge in [-0.25, -0.2) is 8.42 Å². The van der Waals surface area contributed by atoms with E-state index in [1.807, 2.05) is 19.9 Å². The Morgan fingerprint density at radius 1 is 1.35 bits per heavy atom. The molecule has 0 saturated carbocycles. The number of halogens is 1. The quantitative estimate of drug-likeness (QED) is 0.799. The molecule has 2 N–H and O–H groups in total. The maximum absolute atomic E-state index is 11.6. The Morgan fingerprint density at radius 3 is 2.60 bits per heavy atom. The molecule has 0 heterocycles. The first-order valence-electron chi connectivity index (χ1n) is 6.71. The second-order valence-electron chi connectivity index (χ2n) is 4.95. The van der Waals surface area contributed by atoms with Crippen molar-refractivity contribution in [2.24, 2.45) is 5.73 Å². The lowest BCUT2D eigenvalue weighted by Gasteiger charge is -2.11. The predicted molar refractivity (Wildman–Crippen MR) is 83.2 cm³/mol. The average molecular weight is 320 g/mol. The van der Waals surface area contributed by atoms with Gasteiger partial charge in [0.1, 0.15) is 12.4 Å². The molecule has 0 saturated heterocycles. The molecule has 0 radical (unpaired) electrons. The second-order valence-corrected chi connectivity index (χ2v) is 7.66. The standard InChI is InChI=1S/C14H22ClNO3S/c1-3-7-20(17,18)8-6-19-14-5-4-12(9-11(2)16)10-13(14)15/h4-5,10-11H,3,6-9,16H2,1-2H3. The van der Waals surface area contributed by atoms with Gasteiger partial charge in [0.15, 0.2) is 9.84 Å². The first-order chi connectivity index (χ1) is 9.34. The number of hydrogen-bond acceptors (Lipinski definition) is 4. The molecule has 1 rings (SSSR count). The lowest BCUT2D eigenvalue weighted by molar-refractivity contribution is 0.341. The number of benzene rings is 1. The van der Waals surface area contributed by atoms with E-state index >= 15 is 0 Å². The Kier molecular flexibility index (Phi) is 6.79. The number of sulfone groups is 1. The van der Waals surface area contributed by atoms with E-state index in [4.69, 9.17) is 22.1 Å². The number of hydrogen-bond donors (Lipinski definition) is 1. The van der Waals surface area contributed by atoms with Gasteiger partial charge in [0, 0.05) is 6.04 Å². The molecule has 0 fully saturated rings. The molecule has 0 aromatic heterocycles. The molecule has 4 nitrogen and oxygen atoms in total. The summed E-state index contributed by atoms with van der Waals surface area (Å²) in [5.41, 5.74) is 6.77. The Balaban J connectivity index is 2.57. The molecule has 1 atom stereocenters. The molecular weight excluding hydrogens is 298 g/mol. The first kappa shape index (κ1) is 17.3. The van der Waals surface area contributed by atoms with Crippen LogP contribution in [0, 0.1) is 0 Å². The number of nitrogens with two attached hydrogens (primary N) is 1. The van der Waals surface area contributed by atoms with Crippen LogP contribution >= 0.6 is 11.6 Å². The molecule has 1 aromatic rings. The highest BCUT2D eigenvalue weighted by Gasteiger charge is 2.10. The summed E-state index contributed by atoms with van der Waals surface area (Å²) < 4.78 is 28.5. The minimum atomic E-state index is -3.02. The average Bonchev–Trinajstić information content (AvgIpc) is 2.31. The predicted octanol–water partition coefficient (Wildman–Crippen LogP) is 2.43. The Morgan fingerprint density at radius 2 is 2.05 bits per heavy atom. The topological polar surface area (TPSA) is 69.4 Å². The van der Waals surface area contributed by atoms with E-state index in [0.717, 1.165) is 12.0 Å². The summed E-state index contributed by atoms with van der Waals surface area (Å²) >= 11 is 6.11. The van der Waals surface area contributed by atoms with Crippen LogP contribution in [0.2, 0.25) is 5.02 Å². The molecule has 0 aliphatic heterocycles. The lowest BCUT2D eigenvalue weighted by atomic mass is 10.1. The molecule has 1 unspecified atom stereocenters. The van der Waals surface area contributed by atoms with Crippen LogP contribution in [-0.2, 0) is 16.3 Å². The fraction of sp³-hybridized carbons (Fsp3) is 0.571. The number of ether oxygens (including phenoxy) is 1. The number of rotatable bonds is 8. The van der Waals surface area contributed by atoms with Crippen molar-refractivity contribution in [2.45, 2.75) is 32.7 Å². The molecular formula is C14H22ClNO3S. The molecule has 0 bridgehead atoms. The highest BCUT2D eigenvalue weighted by atomic mass is 35.5. The van der Waals surface area contributed by atoms with E-state index in [-0.39, 0.29) is 24.2 Å². The van der Waals surface area contributed by atoms with Crippen LogP contribution in [0.3, 0.4) is 0 Å². The third-order valence-electron chi connectivity index (χ3n) is 2.72. The fourth-order valence-electron chi connectivity index (χ4n) is 1.85. The minimum Gasteiger partial charge on any atom is -0.491 e. The van der Waals surface area contributed by atoms with Crippen molar-refractivity contribution >= 4 is 21.4 Å². The van der Waals surface area contributed by atoms with E-state index in [1.165, 1.54) is 0 Å². The van der Waals surface area contributed by atoms with E-state index in [9.17, 15) is 8.42 Å². The summed E-state index contributed by atoms with van der Waals surface area (Å²) in [7, 11) is -3.02. The van der Waals surface area contributed by atoms with Crippen molar-refractivity contribution < 1.29 is 13.2 Å². The van der Waals surface area contributed by atoms with Crippen molar-refractivity contribution in [1.82, 2.24) is 0 Å². The van der Waals surface area contributed by atoms with Crippen LogP contribution < -0.4 is 10.5 Å². The van der Waals surface area contributed by atoms with Crippen LogP contribution in [0.4, 0.5) is 0 Å². The van der Waals surface area contributed by atoms with E-state index in [1.54, 1.807) is 12.1 Å². The maximum Gasteiger partial charge on any atom is 0.153 e. The minimum absolute atomic E-state index is 0.0127. The van der Waals surface area contributed by atoms with E-state index in [0.29, 0.717) is 17.2 Å². The maximum atomic E-state index is 11.6. The summed E-state index contributed by atoms with van der Waals surface area (Å²) in [4.78, 5) is 0. The van der Waals surface area contributed by atoms with Gasteiger partial charge in [-0.2, -0.15) is 0 Å². The van der Waals surface area contributed by atoms with Gasteiger partial charge < -0.3 is 10.5 Å². The van der Waals surface area contributed by atoms with Gasteiger partial charge >= 0.3 is 0 Å². The highest BCUT2D eigenvalue weighted by Crippen LogP contribution is 2.25. The zero-order chi connectivity index (χ0) is 15.2. The summed E-state index contributed by atoms with van der Waals surface area (Å²) in [6.45, 7) is 3.89. The van der Waals surface area contributed by atoms with Crippen LogP contribution in [-0.4, -0.2) is 32.6 Å². The van der Waals surface area contributed by atoms with Crippen molar-refractivity contribution in [2.75, 3.05) is 18.1 Å². The molecule has 1 aromatic carbocycles. The highest BCUT2D eigenvalue weighted by molar-refractivity contribution is 7.91. The van der Waals surface area contributed by atoms with E-state index < -0.39 is 9.84 Å². The van der Waals surface area contributed by atoms with Gasteiger partial charge in [0.05, 0.1) is 16.5 Å². The molecule has 20 heavy (non-hydrogen) atoms. The smallest absolute Gasteiger partial charge is 0.153 e. The summed E-state index contributed by atoms with van der Waals surface area (Å²) in [5.74, 6) is 0.711. The van der Waals surface area contributed by atoms with Crippen LogP contribution in [0.15, 0.2) is 18.2 Å². The van der Waals surface area contributed by atoms with Gasteiger partial charge in [-0.15, -0.1) is 0 Å². The molecule has 6 heteroatoms. The van der Waals surface area contributed by atoms with E-state index in [2.05, 4.69) is 0 Å². The van der Waals surface area contributed by atoms with Crippen LogP contribution in [0.25, 0.3) is 0 Å². The van der Waals surface area contributed by atoms with Gasteiger partial charge in [-0.05, 0) is 37.5 Å². The van der Waals surface area contributed by atoms with Crippen molar-refractivity contribution in [1.29, 1.82) is 0 Å². The van der Waals surface area contributed by atoms with Crippen molar-refractivity contribution in [3.05, 3.63) is 28.8 Å². The van der Waals surface area contributed by atoms with Crippen molar-refractivity contribution in [3.8, 4) is 5.75 Å². The zero-order valence-electron chi connectivity index (χ0n) is 11.9. The van der Waals surface area contributed by atoms with Crippen LogP contribution in [0.1, 0.15) is 25.8 Å². The SMILES string of the molecule is CCCS(=O)(=O)CCOc1ccc(CC(C)N)cc1Cl. The summed E-state index contributed by atoms with van der Waals surface area (Å²) in [5, 5.41) is 0.482. The fourth-order valence-corrected chi connectivity index (χ4v) is 3.27. The zero-order valence-corrected chi connectivity index (χ0v) is 13.5. The largest absolute Gasteiger partial charge is 0.491 e. The summed E-state index contributed by atoms with van der Waals surface area (Å²) in [6, 6.07) is 5.52. The molecule has 114 valence electrons. The second kappa shape index (κ2) is 7.86. The molecule has 0 spiro atoms. The molecule has 0 amide bonds. The first-order valence-corrected chi connectivity index (χ1v) is 8.91. The molecule has 0 aliphatic rings. The monoisotopic (exact) mass is 319 g/mol. The van der Waals surface area contributed by atoms with Crippen LogP contribution in [0.5, 0.6) is 5.75 Å². The van der Waals surface area contributed by atoms with Gasteiger partial charge in [0.2, 0.25) is 0 Å². The van der Waals surface area contributed by atoms with Gasteiger partial charge in [0.25, 0.3) is 0 Å². The van der Waals surface area contributed by atoms with Gasteiger partial charge in [-0.1, -0.05) is 24.6 Å². The Bertz CT molecular complexity index is 529. The molecule has 0 aliphatic carbocycles. The Labute approximate surface area is 126 Å². The van der Waals surface area contributed by atoms with Gasteiger partial charge in [-0.3, -0.25) is 0 Å². The normalized spacial score (nSPS) is 13.2.